The molecular formula is C12H19FN2S. The van der Waals surface area contributed by atoms with Crippen molar-refractivity contribution >= 4 is 11.9 Å². The second-order valence-corrected chi connectivity index (χ2v) is 4.62. The minimum absolute atomic E-state index is 0.193. The van der Waals surface area contributed by atoms with Gasteiger partial charge in [-0.15, -0.1) is 0 Å². The Morgan fingerprint density at radius 1 is 1.50 bits per heavy atom. The molecule has 0 bridgehead atoms. The molecule has 0 heterocycles. The van der Waals surface area contributed by atoms with Crippen molar-refractivity contribution in [2.24, 2.45) is 5.73 Å². The Hall–Kier alpha value is -0.580. The second-order valence-electron chi connectivity index (χ2n) is 3.71. The van der Waals surface area contributed by atoms with Gasteiger partial charge in [0.05, 0.1) is 0 Å². The third kappa shape index (κ3) is 4.96. The van der Waals surface area contributed by atoms with Gasteiger partial charge in [-0.25, -0.2) is 4.39 Å². The Kier molecular flexibility index (Phi) is 6.45. The van der Waals surface area contributed by atoms with E-state index >= 15 is 0 Å². The largest absolute Gasteiger partial charge is 0.330 e. The number of nitrogens with two attached hydrogens (primary N) is 1. The van der Waals surface area contributed by atoms with Gasteiger partial charge in [0.25, 0.3) is 0 Å². The van der Waals surface area contributed by atoms with Crippen LogP contribution in [0.5, 0.6) is 0 Å². The number of benzene rings is 1. The van der Waals surface area contributed by atoms with E-state index in [1.54, 1.807) is 6.07 Å². The molecule has 0 amide bonds. The summed E-state index contributed by atoms with van der Waals surface area (Å²) < 4.78 is 16.3. The van der Waals surface area contributed by atoms with Crippen molar-refractivity contribution in [3.8, 4) is 0 Å². The predicted molar refractivity (Wildman–Crippen MR) is 67.8 cm³/mol. The standard InChI is InChI=1S/C12H19FN2S/c1-2-11(6-4-8-14)15-16-12-7-3-5-10(13)9-12/h3,5,7,9,11,15H,2,4,6,8,14H2,1H3/t11-/m0/s1. The molecule has 1 aromatic carbocycles. The highest BCUT2D eigenvalue weighted by Crippen LogP contribution is 2.17. The van der Waals surface area contributed by atoms with E-state index in [0.717, 1.165) is 30.7 Å². The summed E-state index contributed by atoms with van der Waals surface area (Å²) in [6.45, 7) is 2.86. The summed E-state index contributed by atoms with van der Waals surface area (Å²) in [6.07, 6.45) is 3.15. The number of hydrogen-bond acceptors (Lipinski definition) is 3. The van der Waals surface area contributed by atoms with Gasteiger partial charge in [0.15, 0.2) is 0 Å². The maximum atomic E-state index is 12.9. The fraction of sp³-hybridized carbons (Fsp3) is 0.500. The molecule has 90 valence electrons. The molecule has 0 unspecified atom stereocenters. The van der Waals surface area contributed by atoms with Crippen LogP contribution in [0.2, 0.25) is 0 Å². The Labute approximate surface area is 101 Å². The molecule has 1 aromatic rings. The van der Waals surface area contributed by atoms with Crippen LogP contribution < -0.4 is 10.5 Å². The molecule has 1 rings (SSSR count). The number of nitrogens with one attached hydrogen (secondary N) is 1. The van der Waals surface area contributed by atoms with Gasteiger partial charge in [0.2, 0.25) is 0 Å². The van der Waals surface area contributed by atoms with Crippen LogP contribution in [0.25, 0.3) is 0 Å². The number of hydrogen-bond donors (Lipinski definition) is 2. The van der Waals surface area contributed by atoms with Crippen LogP contribution in [0.4, 0.5) is 4.39 Å². The van der Waals surface area contributed by atoms with E-state index in [0.29, 0.717) is 6.04 Å². The van der Waals surface area contributed by atoms with Crippen LogP contribution in [0, 0.1) is 5.82 Å². The van der Waals surface area contributed by atoms with Crippen LogP contribution in [0.3, 0.4) is 0 Å². The number of halogens is 1. The average molecular weight is 242 g/mol. The fourth-order valence-electron chi connectivity index (χ4n) is 1.39. The summed E-state index contributed by atoms with van der Waals surface area (Å²) >= 11 is 1.49. The molecule has 1 atom stereocenters. The molecule has 0 saturated carbocycles. The van der Waals surface area contributed by atoms with Gasteiger partial charge < -0.3 is 5.73 Å². The van der Waals surface area contributed by atoms with E-state index in [2.05, 4.69) is 11.6 Å². The van der Waals surface area contributed by atoms with Crippen molar-refractivity contribution in [3.05, 3.63) is 30.1 Å². The monoisotopic (exact) mass is 242 g/mol. The van der Waals surface area contributed by atoms with E-state index in [1.807, 2.05) is 6.07 Å². The molecule has 0 spiro atoms. The first kappa shape index (κ1) is 13.5. The van der Waals surface area contributed by atoms with Crippen molar-refractivity contribution in [2.45, 2.75) is 37.1 Å². The quantitative estimate of drug-likeness (QED) is 0.722. The Balaban J connectivity index is 2.37. The summed E-state index contributed by atoms with van der Waals surface area (Å²) in [5.41, 5.74) is 5.47. The molecule has 2 nitrogen and oxygen atoms in total. The summed E-state index contributed by atoms with van der Waals surface area (Å²) in [5.74, 6) is -0.193. The van der Waals surface area contributed by atoms with E-state index in [-0.39, 0.29) is 5.82 Å². The van der Waals surface area contributed by atoms with Gasteiger partial charge in [-0.2, -0.15) is 0 Å². The second kappa shape index (κ2) is 7.65. The minimum atomic E-state index is -0.193. The lowest BCUT2D eigenvalue weighted by Crippen LogP contribution is -2.22. The minimum Gasteiger partial charge on any atom is -0.330 e. The van der Waals surface area contributed by atoms with E-state index in [1.165, 1.54) is 24.1 Å². The van der Waals surface area contributed by atoms with Gasteiger partial charge in [0.1, 0.15) is 5.82 Å². The highest BCUT2D eigenvalue weighted by atomic mass is 32.2. The average Bonchev–Trinajstić information content (AvgIpc) is 2.29. The van der Waals surface area contributed by atoms with Gasteiger partial charge in [0, 0.05) is 10.9 Å². The number of rotatable bonds is 7. The highest BCUT2D eigenvalue weighted by molar-refractivity contribution is 7.97. The van der Waals surface area contributed by atoms with Crippen LogP contribution in [0.1, 0.15) is 26.2 Å². The molecule has 0 saturated heterocycles. The zero-order valence-corrected chi connectivity index (χ0v) is 10.4. The Bertz CT molecular complexity index is 307. The lowest BCUT2D eigenvalue weighted by Gasteiger charge is -2.15. The maximum Gasteiger partial charge on any atom is 0.124 e. The Morgan fingerprint density at radius 2 is 2.31 bits per heavy atom. The van der Waals surface area contributed by atoms with E-state index < -0.39 is 0 Å². The van der Waals surface area contributed by atoms with Crippen molar-refractivity contribution in [2.75, 3.05) is 6.54 Å². The molecule has 0 fully saturated rings. The summed E-state index contributed by atoms with van der Waals surface area (Å²) in [7, 11) is 0. The molecule has 0 aliphatic heterocycles. The zero-order valence-electron chi connectivity index (χ0n) is 9.58. The first-order valence-corrected chi connectivity index (χ1v) is 6.46. The van der Waals surface area contributed by atoms with Crippen LogP contribution in [0.15, 0.2) is 29.2 Å². The van der Waals surface area contributed by atoms with Crippen molar-refractivity contribution in [1.29, 1.82) is 0 Å². The third-order valence-corrected chi connectivity index (χ3v) is 3.33. The summed E-state index contributed by atoms with van der Waals surface area (Å²) in [5, 5.41) is 0. The third-order valence-electron chi connectivity index (χ3n) is 2.39. The Morgan fingerprint density at radius 3 is 2.94 bits per heavy atom. The van der Waals surface area contributed by atoms with Crippen molar-refractivity contribution in [1.82, 2.24) is 4.72 Å². The first-order chi connectivity index (χ1) is 7.76. The van der Waals surface area contributed by atoms with E-state index in [9.17, 15) is 4.39 Å². The molecule has 0 radical (unpaired) electrons. The van der Waals surface area contributed by atoms with Crippen molar-refractivity contribution in [3.63, 3.8) is 0 Å². The van der Waals surface area contributed by atoms with Gasteiger partial charge in [-0.3, -0.25) is 4.72 Å². The predicted octanol–water partition coefficient (Wildman–Crippen LogP) is 2.94. The fourth-order valence-corrected chi connectivity index (χ4v) is 2.30. The van der Waals surface area contributed by atoms with Gasteiger partial charge in [-0.05, 0) is 56.0 Å². The topological polar surface area (TPSA) is 38.0 Å². The lowest BCUT2D eigenvalue weighted by atomic mass is 10.1. The van der Waals surface area contributed by atoms with Gasteiger partial charge in [-0.1, -0.05) is 13.0 Å². The van der Waals surface area contributed by atoms with Crippen LogP contribution in [-0.2, 0) is 0 Å². The lowest BCUT2D eigenvalue weighted by molar-refractivity contribution is 0.543. The summed E-state index contributed by atoms with van der Waals surface area (Å²) in [4.78, 5) is 0.909. The zero-order chi connectivity index (χ0) is 11.8. The maximum absolute atomic E-state index is 12.9. The molecule has 16 heavy (non-hydrogen) atoms. The summed E-state index contributed by atoms with van der Waals surface area (Å²) in [6, 6.07) is 7.05. The van der Waals surface area contributed by atoms with Gasteiger partial charge >= 0.3 is 0 Å². The van der Waals surface area contributed by atoms with Crippen LogP contribution in [-0.4, -0.2) is 12.6 Å². The molecule has 0 aliphatic rings. The normalized spacial score (nSPS) is 12.7. The highest BCUT2D eigenvalue weighted by Gasteiger charge is 2.05. The molecular weight excluding hydrogens is 223 g/mol. The molecule has 0 aliphatic carbocycles. The van der Waals surface area contributed by atoms with Crippen molar-refractivity contribution < 1.29 is 4.39 Å². The van der Waals surface area contributed by atoms with Crippen LogP contribution >= 0.6 is 11.9 Å². The molecule has 4 heteroatoms. The van der Waals surface area contributed by atoms with E-state index in [4.69, 9.17) is 5.73 Å². The molecule has 0 aromatic heterocycles. The SMILES string of the molecule is CC[C@@H](CCCN)NSc1cccc(F)c1. The molecule has 3 N–H and O–H groups in total. The smallest absolute Gasteiger partial charge is 0.124 e. The first-order valence-electron chi connectivity index (χ1n) is 5.64.